The minimum Gasteiger partial charge on any atom is -0.481 e. The Balaban J connectivity index is 2.12. The number of carbonyl (C=O) groups is 2. The lowest BCUT2D eigenvalue weighted by Gasteiger charge is -2.34. The van der Waals surface area contributed by atoms with Gasteiger partial charge in [-0.05, 0) is 25.3 Å². The van der Waals surface area contributed by atoms with Crippen molar-refractivity contribution in [1.29, 1.82) is 0 Å². The first-order valence-corrected chi connectivity index (χ1v) is 8.06. The first kappa shape index (κ1) is 17.5. The largest absolute Gasteiger partial charge is 0.481 e. The number of amides is 1. The number of aliphatic carboxylic acids is 1. The fourth-order valence-corrected chi connectivity index (χ4v) is 2.98. The maximum Gasteiger partial charge on any atom is 0.308 e. The number of carbonyl (C=O) groups excluding carboxylic acids is 1. The minimum absolute atomic E-state index is 0.0385. The van der Waals surface area contributed by atoms with Crippen LogP contribution in [-0.2, 0) is 14.3 Å². The molecule has 23 heavy (non-hydrogen) atoms. The highest BCUT2D eigenvalue weighted by molar-refractivity contribution is 5.80. The van der Waals surface area contributed by atoms with E-state index < -0.39 is 11.9 Å². The molecule has 1 amide bonds. The van der Waals surface area contributed by atoms with Crippen molar-refractivity contribution in [1.82, 2.24) is 4.90 Å². The average Bonchev–Trinajstić information content (AvgIpc) is 2.54. The molecule has 0 aromatic heterocycles. The van der Waals surface area contributed by atoms with E-state index in [0.29, 0.717) is 6.61 Å². The summed E-state index contributed by atoms with van der Waals surface area (Å²) in [5.41, 5.74) is 2.17. The van der Waals surface area contributed by atoms with E-state index in [1.165, 1.54) is 10.5 Å². The maximum absolute atomic E-state index is 12.8. The van der Waals surface area contributed by atoms with E-state index in [-0.39, 0.29) is 24.5 Å². The number of rotatable bonds is 5. The highest BCUT2D eigenvalue weighted by Crippen LogP contribution is 2.35. The molecule has 1 aromatic carbocycles. The van der Waals surface area contributed by atoms with Crippen LogP contribution in [0.4, 0.5) is 0 Å². The minimum atomic E-state index is -0.889. The third-order valence-electron chi connectivity index (χ3n) is 4.39. The topological polar surface area (TPSA) is 66.8 Å². The summed E-state index contributed by atoms with van der Waals surface area (Å²) in [6.07, 6.45) is 1.36. The normalized spacial score (nSPS) is 22.4. The summed E-state index contributed by atoms with van der Waals surface area (Å²) in [5.74, 6) is -1.76. The number of hydrogen-bond donors (Lipinski definition) is 1. The lowest BCUT2D eigenvalue weighted by Crippen LogP contribution is -2.41. The quantitative estimate of drug-likeness (QED) is 0.906. The van der Waals surface area contributed by atoms with E-state index in [2.05, 4.69) is 0 Å². The van der Waals surface area contributed by atoms with Crippen molar-refractivity contribution >= 4 is 11.9 Å². The Morgan fingerprint density at radius 1 is 1.35 bits per heavy atom. The molecule has 1 aliphatic rings. The second-order valence-corrected chi connectivity index (χ2v) is 6.41. The monoisotopic (exact) mass is 319 g/mol. The molecule has 0 radical (unpaired) electrons. The molecule has 5 heteroatoms. The van der Waals surface area contributed by atoms with Gasteiger partial charge in [0.15, 0.2) is 0 Å². The molecule has 1 saturated heterocycles. The summed E-state index contributed by atoms with van der Waals surface area (Å²) in [7, 11) is 1.67. The van der Waals surface area contributed by atoms with Crippen molar-refractivity contribution in [2.24, 2.45) is 11.8 Å². The number of nitrogens with zero attached hydrogens (tertiary/aromatic N) is 1. The fourth-order valence-electron chi connectivity index (χ4n) is 2.98. The Bertz CT molecular complexity index is 555. The summed E-state index contributed by atoms with van der Waals surface area (Å²) in [5, 5.41) is 9.02. The van der Waals surface area contributed by atoms with Crippen molar-refractivity contribution in [2.45, 2.75) is 32.8 Å². The van der Waals surface area contributed by atoms with Crippen LogP contribution in [0.2, 0.25) is 0 Å². The van der Waals surface area contributed by atoms with Gasteiger partial charge < -0.3 is 14.7 Å². The first-order valence-electron chi connectivity index (χ1n) is 8.06. The number of hydrogen-bond acceptors (Lipinski definition) is 3. The second kappa shape index (κ2) is 7.59. The molecule has 0 aliphatic carbocycles. The van der Waals surface area contributed by atoms with Crippen LogP contribution >= 0.6 is 0 Å². The maximum atomic E-state index is 12.8. The van der Waals surface area contributed by atoms with E-state index >= 15 is 0 Å². The molecule has 0 spiro atoms. The molecule has 0 bridgehead atoms. The number of carboxylic acid groups (broad SMARTS) is 1. The van der Waals surface area contributed by atoms with Crippen LogP contribution in [0.15, 0.2) is 24.3 Å². The molecule has 1 aliphatic heterocycles. The average molecular weight is 319 g/mol. The Morgan fingerprint density at radius 2 is 2.00 bits per heavy atom. The van der Waals surface area contributed by atoms with Gasteiger partial charge in [-0.3, -0.25) is 9.59 Å². The van der Waals surface area contributed by atoms with Gasteiger partial charge in [-0.15, -0.1) is 0 Å². The zero-order valence-corrected chi connectivity index (χ0v) is 14.0. The van der Waals surface area contributed by atoms with Crippen LogP contribution < -0.4 is 0 Å². The highest BCUT2D eigenvalue weighted by atomic mass is 16.5. The van der Waals surface area contributed by atoms with Crippen molar-refractivity contribution < 1.29 is 19.4 Å². The summed E-state index contributed by atoms with van der Waals surface area (Å²) in [6, 6.07) is 8.05. The van der Waals surface area contributed by atoms with E-state index in [1.54, 1.807) is 14.0 Å². The van der Waals surface area contributed by atoms with E-state index in [4.69, 9.17) is 9.84 Å². The summed E-state index contributed by atoms with van der Waals surface area (Å²) < 4.78 is 5.88. The van der Waals surface area contributed by atoms with E-state index in [0.717, 1.165) is 18.4 Å². The Labute approximate surface area is 137 Å². The number of benzene rings is 1. The molecule has 5 nitrogen and oxygen atoms in total. The van der Waals surface area contributed by atoms with Gasteiger partial charge in [-0.1, -0.05) is 36.8 Å². The van der Waals surface area contributed by atoms with Crippen LogP contribution in [0.25, 0.3) is 0 Å². The van der Waals surface area contributed by atoms with Gasteiger partial charge in [0, 0.05) is 20.2 Å². The van der Waals surface area contributed by atoms with Gasteiger partial charge in [0.2, 0.25) is 5.91 Å². The van der Waals surface area contributed by atoms with E-state index in [9.17, 15) is 9.59 Å². The number of ether oxygens (including phenoxy) is 1. The van der Waals surface area contributed by atoms with Crippen LogP contribution in [0.1, 0.15) is 37.0 Å². The first-order chi connectivity index (χ1) is 10.9. The van der Waals surface area contributed by atoms with Crippen LogP contribution in [0.5, 0.6) is 0 Å². The molecular weight excluding hydrogens is 294 g/mol. The molecule has 1 heterocycles. The molecule has 1 aromatic rings. The second-order valence-electron chi connectivity index (χ2n) is 6.41. The van der Waals surface area contributed by atoms with Gasteiger partial charge in [0.25, 0.3) is 0 Å². The predicted octanol–water partition coefficient (Wildman–Crippen LogP) is 2.64. The standard InChI is InChI=1S/C18H25NO4/c1-12-6-8-14(9-7-12)16-15(5-4-10-23-16)17(20)19(3)11-13(2)18(21)22/h6-9,13,15-16H,4-5,10-11H2,1-3H3,(H,21,22)/t13-,15-,16+/m1/s1. The van der Waals surface area contributed by atoms with Gasteiger partial charge in [-0.25, -0.2) is 0 Å². The van der Waals surface area contributed by atoms with E-state index in [1.807, 2.05) is 31.2 Å². The molecule has 3 atom stereocenters. The van der Waals surface area contributed by atoms with Crippen LogP contribution in [-0.4, -0.2) is 42.1 Å². The van der Waals surface area contributed by atoms with Crippen LogP contribution in [0, 0.1) is 18.8 Å². The highest BCUT2D eigenvalue weighted by Gasteiger charge is 2.35. The summed E-state index contributed by atoms with van der Waals surface area (Å²) in [6.45, 7) is 4.50. The fraction of sp³-hybridized carbons (Fsp3) is 0.556. The number of aryl methyl sites for hydroxylation is 1. The molecule has 1 N–H and O–H groups in total. The van der Waals surface area contributed by atoms with Crippen LogP contribution in [0.3, 0.4) is 0 Å². The van der Waals surface area contributed by atoms with Gasteiger partial charge in [-0.2, -0.15) is 0 Å². The van der Waals surface area contributed by atoms with Gasteiger partial charge in [0.05, 0.1) is 17.9 Å². The van der Waals surface area contributed by atoms with Crippen molar-refractivity contribution in [3.8, 4) is 0 Å². The molecular formula is C18H25NO4. The lowest BCUT2D eigenvalue weighted by molar-refractivity contribution is -0.147. The Morgan fingerprint density at radius 3 is 2.61 bits per heavy atom. The third kappa shape index (κ3) is 4.32. The lowest BCUT2D eigenvalue weighted by atomic mass is 9.88. The predicted molar refractivity (Wildman–Crippen MR) is 87.0 cm³/mol. The van der Waals surface area contributed by atoms with Crippen molar-refractivity contribution in [2.75, 3.05) is 20.2 Å². The smallest absolute Gasteiger partial charge is 0.308 e. The molecule has 0 unspecified atom stereocenters. The SMILES string of the molecule is Cc1ccc([C@@H]2OCCC[C@H]2C(=O)N(C)C[C@@H](C)C(=O)O)cc1. The molecule has 0 saturated carbocycles. The van der Waals surface area contributed by atoms with Gasteiger partial charge in [0.1, 0.15) is 0 Å². The summed E-state index contributed by atoms with van der Waals surface area (Å²) >= 11 is 0. The third-order valence-corrected chi connectivity index (χ3v) is 4.39. The zero-order valence-electron chi connectivity index (χ0n) is 14.0. The van der Waals surface area contributed by atoms with Gasteiger partial charge >= 0.3 is 5.97 Å². The molecule has 126 valence electrons. The van der Waals surface area contributed by atoms with Crippen molar-refractivity contribution in [3.63, 3.8) is 0 Å². The molecule has 1 fully saturated rings. The summed E-state index contributed by atoms with van der Waals surface area (Å²) in [4.78, 5) is 25.3. The Hall–Kier alpha value is -1.88. The van der Waals surface area contributed by atoms with Crippen molar-refractivity contribution in [3.05, 3.63) is 35.4 Å². The zero-order chi connectivity index (χ0) is 17.0. The Kier molecular flexibility index (Phi) is 5.77. The number of carboxylic acids is 1. The molecule has 2 rings (SSSR count).